The molecule has 256 valence electrons. The van der Waals surface area contributed by atoms with Crippen LogP contribution in [0.1, 0.15) is 22.3 Å². The van der Waals surface area contributed by atoms with Crippen LogP contribution in [0, 0.1) is 0 Å². The molecule has 55 heavy (non-hydrogen) atoms. The van der Waals surface area contributed by atoms with E-state index in [2.05, 4.69) is 216 Å². The number of hydrogen-bond acceptors (Lipinski definition) is 1. The average Bonchev–Trinajstić information content (AvgIpc) is 3.75. The van der Waals surface area contributed by atoms with Gasteiger partial charge in [0.2, 0.25) is 0 Å². The van der Waals surface area contributed by atoms with Gasteiger partial charge in [0.05, 0.1) is 22.1 Å². The Bertz CT molecular complexity index is 3170. The predicted molar refractivity (Wildman–Crippen MR) is 229 cm³/mol. The van der Waals surface area contributed by atoms with Gasteiger partial charge in [0.25, 0.3) is 0 Å². The number of aromatic nitrogens is 1. The molecule has 0 fully saturated rings. The van der Waals surface area contributed by atoms with Gasteiger partial charge in [-0.3, -0.25) is 0 Å². The molecule has 0 N–H and O–H groups in total. The highest BCUT2D eigenvalue weighted by molar-refractivity contribution is 6.13. The Morgan fingerprint density at radius 1 is 0.364 bits per heavy atom. The molecule has 1 atom stereocenters. The molecule has 1 aromatic heterocycles. The van der Waals surface area contributed by atoms with Gasteiger partial charge in [-0.25, -0.2) is 0 Å². The second-order valence-electron chi connectivity index (χ2n) is 14.9. The Morgan fingerprint density at radius 3 is 1.93 bits per heavy atom. The van der Waals surface area contributed by atoms with Crippen LogP contribution >= 0.6 is 0 Å². The zero-order chi connectivity index (χ0) is 36.1. The monoisotopic (exact) mass is 698 g/mol. The topological polar surface area (TPSA) is 8.17 Å². The molecule has 1 aliphatic heterocycles. The molecule has 10 aromatic rings. The zero-order valence-electron chi connectivity index (χ0n) is 30.0. The first-order valence-electron chi connectivity index (χ1n) is 19.1. The largest absolute Gasteiger partial charge is 0.310 e. The van der Waals surface area contributed by atoms with E-state index in [4.69, 9.17) is 0 Å². The molecule has 1 aliphatic carbocycles. The molecule has 2 aliphatic rings. The maximum atomic E-state index is 2.52. The molecule has 1 unspecified atom stereocenters. The molecule has 0 bridgehead atoms. The van der Waals surface area contributed by atoms with E-state index in [1.165, 1.54) is 82.8 Å². The van der Waals surface area contributed by atoms with Crippen molar-refractivity contribution in [1.82, 2.24) is 4.57 Å². The summed E-state index contributed by atoms with van der Waals surface area (Å²) in [6.45, 7) is 0. The lowest BCUT2D eigenvalue weighted by atomic mass is 9.65. The third-order valence-corrected chi connectivity index (χ3v) is 12.1. The van der Waals surface area contributed by atoms with Crippen molar-refractivity contribution in [3.05, 3.63) is 229 Å². The molecule has 2 nitrogen and oxygen atoms in total. The number of hydrogen-bond donors (Lipinski definition) is 0. The molecule has 1 spiro atoms. The molecular weight excluding hydrogens is 665 g/mol. The lowest BCUT2D eigenvalue weighted by Gasteiger charge is -2.40. The third kappa shape index (κ3) is 4.14. The van der Waals surface area contributed by atoms with Crippen LogP contribution < -0.4 is 4.90 Å². The van der Waals surface area contributed by atoms with Crippen LogP contribution in [0.5, 0.6) is 0 Å². The molecule has 0 saturated carbocycles. The highest BCUT2D eigenvalue weighted by Crippen LogP contribution is 2.61. The van der Waals surface area contributed by atoms with Gasteiger partial charge in [-0.05, 0) is 104 Å². The number of benzene rings is 9. The first-order chi connectivity index (χ1) is 27.3. The van der Waals surface area contributed by atoms with E-state index < -0.39 is 5.41 Å². The first-order valence-corrected chi connectivity index (χ1v) is 19.1. The van der Waals surface area contributed by atoms with Crippen molar-refractivity contribution in [3.8, 4) is 27.9 Å². The Labute approximate surface area is 319 Å². The van der Waals surface area contributed by atoms with Crippen LogP contribution in [0.4, 0.5) is 17.1 Å². The van der Waals surface area contributed by atoms with Gasteiger partial charge >= 0.3 is 0 Å². The Kier molecular flexibility index (Phi) is 6.29. The fourth-order valence-electron chi connectivity index (χ4n) is 9.91. The summed E-state index contributed by atoms with van der Waals surface area (Å²) < 4.78 is 2.52. The fraction of sp³-hybridized carbons (Fsp3) is 0.0189. The van der Waals surface area contributed by atoms with Gasteiger partial charge < -0.3 is 9.47 Å². The van der Waals surface area contributed by atoms with Crippen LogP contribution in [0.3, 0.4) is 0 Å². The number of fused-ring (bicyclic) bond motifs is 13. The summed E-state index contributed by atoms with van der Waals surface area (Å²) in [5.74, 6) is 0. The van der Waals surface area contributed by atoms with E-state index in [0.29, 0.717) is 0 Å². The second-order valence-corrected chi connectivity index (χ2v) is 14.9. The highest BCUT2D eigenvalue weighted by Gasteiger charge is 2.51. The van der Waals surface area contributed by atoms with E-state index in [0.717, 1.165) is 17.1 Å². The third-order valence-electron chi connectivity index (χ3n) is 12.1. The lowest BCUT2D eigenvalue weighted by molar-refractivity contribution is 0.748. The van der Waals surface area contributed by atoms with Gasteiger partial charge in [-0.1, -0.05) is 158 Å². The van der Waals surface area contributed by atoms with Gasteiger partial charge in [0, 0.05) is 27.8 Å². The first kappa shape index (κ1) is 30.3. The van der Waals surface area contributed by atoms with Crippen molar-refractivity contribution in [1.29, 1.82) is 0 Å². The van der Waals surface area contributed by atoms with E-state index in [9.17, 15) is 0 Å². The van der Waals surface area contributed by atoms with E-state index in [1.54, 1.807) is 0 Å². The Balaban J connectivity index is 1.17. The number of rotatable bonds is 4. The number of nitrogens with zero attached hydrogens (tertiary/aromatic N) is 2. The van der Waals surface area contributed by atoms with E-state index in [-0.39, 0.29) is 0 Å². The molecule has 0 radical (unpaired) electrons. The second kappa shape index (κ2) is 11.4. The van der Waals surface area contributed by atoms with Crippen molar-refractivity contribution in [2.45, 2.75) is 5.41 Å². The molecule has 12 rings (SSSR count). The minimum Gasteiger partial charge on any atom is -0.310 e. The minimum absolute atomic E-state index is 0.524. The molecular formula is C53H34N2. The van der Waals surface area contributed by atoms with Crippen LogP contribution in [0.2, 0.25) is 0 Å². The summed E-state index contributed by atoms with van der Waals surface area (Å²) in [6, 6.07) is 76.4. The molecule has 2 heterocycles. The van der Waals surface area contributed by atoms with Crippen molar-refractivity contribution in [2.75, 3.05) is 4.90 Å². The molecule has 2 heteroatoms. The Hall–Kier alpha value is -7.16. The predicted octanol–water partition coefficient (Wildman–Crippen LogP) is 13.8. The number of para-hydroxylation sites is 3. The summed E-state index contributed by atoms with van der Waals surface area (Å²) in [6.07, 6.45) is 0. The quantitative estimate of drug-likeness (QED) is 0.178. The molecule has 0 amide bonds. The van der Waals surface area contributed by atoms with E-state index in [1.807, 2.05) is 0 Å². The van der Waals surface area contributed by atoms with Crippen LogP contribution in [0.25, 0.3) is 60.5 Å². The maximum Gasteiger partial charge on any atom is 0.0755 e. The summed E-state index contributed by atoms with van der Waals surface area (Å²) in [5, 5.41) is 5.02. The van der Waals surface area contributed by atoms with Crippen molar-refractivity contribution in [3.63, 3.8) is 0 Å². The lowest BCUT2D eigenvalue weighted by Crippen LogP contribution is -2.33. The van der Waals surface area contributed by atoms with Crippen LogP contribution in [0.15, 0.2) is 206 Å². The fourth-order valence-corrected chi connectivity index (χ4v) is 9.91. The standard InChI is InChI=1S/C53H34N2/c1-2-14-35(15-3-1)38-18-12-19-39(32-38)54(40-29-28-36-16-4-5-17-37(36)33-40)41-30-31-43-42-20-6-8-23-46(42)53(49(43)34-41)47-24-9-11-27-51(47)55-50-26-10-7-21-44(50)45-22-13-25-48(53)52(45)55/h1-34H. The Morgan fingerprint density at radius 2 is 1.00 bits per heavy atom. The highest BCUT2D eigenvalue weighted by atomic mass is 15.1. The van der Waals surface area contributed by atoms with Gasteiger partial charge in [0.1, 0.15) is 0 Å². The summed E-state index contributed by atoms with van der Waals surface area (Å²) in [4.78, 5) is 2.45. The van der Waals surface area contributed by atoms with E-state index >= 15 is 0 Å². The number of anilines is 3. The smallest absolute Gasteiger partial charge is 0.0755 e. The van der Waals surface area contributed by atoms with Gasteiger partial charge in [0.15, 0.2) is 0 Å². The normalized spacial score (nSPS) is 15.0. The zero-order valence-corrected chi connectivity index (χ0v) is 30.0. The minimum atomic E-state index is -0.524. The van der Waals surface area contributed by atoms with Gasteiger partial charge in [-0.15, -0.1) is 0 Å². The molecule has 9 aromatic carbocycles. The van der Waals surface area contributed by atoms with Crippen molar-refractivity contribution < 1.29 is 0 Å². The maximum absolute atomic E-state index is 2.52. The summed E-state index contributed by atoms with van der Waals surface area (Å²) in [7, 11) is 0. The van der Waals surface area contributed by atoms with Crippen molar-refractivity contribution >= 4 is 49.6 Å². The van der Waals surface area contributed by atoms with Gasteiger partial charge in [-0.2, -0.15) is 0 Å². The summed E-state index contributed by atoms with van der Waals surface area (Å²) in [5.41, 5.74) is 16.9. The SMILES string of the molecule is c1ccc(-c2cccc(N(c3ccc4c(c3)C3(c5ccccc5-4)c4ccccc4-n4c5ccccc5c5cccc3c54)c3ccc4ccccc4c3)c2)cc1. The average molecular weight is 699 g/mol. The summed E-state index contributed by atoms with van der Waals surface area (Å²) >= 11 is 0. The van der Waals surface area contributed by atoms with Crippen LogP contribution in [-0.2, 0) is 5.41 Å². The van der Waals surface area contributed by atoms with Crippen molar-refractivity contribution in [2.24, 2.45) is 0 Å². The molecule has 0 saturated heterocycles. The van der Waals surface area contributed by atoms with Crippen LogP contribution in [-0.4, -0.2) is 4.57 Å².